The minimum absolute atomic E-state index is 0.233. The number of methoxy groups -OCH3 is 1. The minimum Gasteiger partial charge on any atom is -0.497 e. The average molecular weight is 773 g/mol. The lowest BCUT2D eigenvalue weighted by Crippen LogP contribution is -2.12. The molecule has 7 nitrogen and oxygen atoms in total. The molecular weight excluding hydrogens is 726 g/mol. The molecular formula is C46H46O7P2. The van der Waals surface area contributed by atoms with E-state index in [0.717, 1.165) is 49.9 Å². The summed E-state index contributed by atoms with van der Waals surface area (Å²) in [5.74, 6) is 3.15. The average Bonchev–Trinajstić information content (AvgIpc) is 3.30. The van der Waals surface area contributed by atoms with Crippen molar-refractivity contribution in [1.29, 1.82) is 0 Å². The standard InChI is InChI=1S/C46H46O7P2/c1-31-27-37-38-29-34(47-8)30-40(46(5,6)7)44(38)53-55(52-43(37)39(28-31)45(2,3)4)51-42-26-18-16-24-36(42)35-23-15-17-25-41(35)50-54(48-32-19-11-9-12-20-32)49-33-21-13-10-14-22-33/h9-30H,1-8H3. The van der Waals surface area contributed by atoms with Gasteiger partial charge in [-0.3, -0.25) is 0 Å². The van der Waals surface area contributed by atoms with Crippen molar-refractivity contribution in [2.75, 3.05) is 7.11 Å². The normalized spacial score (nSPS) is 12.1. The monoisotopic (exact) mass is 772 g/mol. The highest BCUT2D eigenvalue weighted by molar-refractivity contribution is 7.43. The van der Waals surface area contributed by atoms with E-state index >= 15 is 0 Å². The molecule has 0 saturated carbocycles. The van der Waals surface area contributed by atoms with Crippen LogP contribution in [0.5, 0.6) is 28.7 Å². The van der Waals surface area contributed by atoms with Crippen LogP contribution in [0.1, 0.15) is 58.2 Å². The summed E-state index contributed by atoms with van der Waals surface area (Å²) in [6.07, 6.45) is 0. The number of rotatable bonds is 10. The molecule has 0 N–H and O–H groups in total. The van der Waals surface area contributed by atoms with Gasteiger partial charge in [0.15, 0.2) is 0 Å². The van der Waals surface area contributed by atoms with E-state index in [9.17, 15) is 0 Å². The Hall–Kier alpha value is -5.35. The van der Waals surface area contributed by atoms with Gasteiger partial charge in [0.1, 0.15) is 39.9 Å². The second-order valence-corrected chi connectivity index (χ2v) is 17.3. The lowest BCUT2D eigenvalue weighted by molar-refractivity contribution is 0.388. The first-order valence-corrected chi connectivity index (χ1v) is 20.4. The van der Waals surface area contributed by atoms with E-state index in [0.29, 0.717) is 28.6 Å². The molecule has 7 aromatic rings. The van der Waals surface area contributed by atoms with Gasteiger partial charge in [-0.15, -0.1) is 0 Å². The molecule has 9 heteroatoms. The Bertz CT molecular complexity index is 2420. The van der Waals surface area contributed by atoms with Gasteiger partial charge in [-0.1, -0.05) is 120 Å². The lowest BCUT2D eigenvalue weighted by atomic mass is 9.83. The summed E-state index contributed by atoms with van der Waals surface area (Å²) >= 11 is 0. The first-order chi connectivity index (χ1) is 26.4. The van der Waals surface area contributed by atoms with E-state index in [1.807, 2.05) is 121 Å². The fraction of sp³-hybridized carbons (Fsp3) is 0.217. The van der Waals surface area contributed by atoms with Crippen LogP contribution in [0.2, 0.25) is 0 Å². The summed E-state index contributed by atoms with van der Waals surface area (Å²) in [5.41, 5.74) is 5.69. The summed E-state index contributed by atoms with van der Waals surface area (Å²) in [5, 5.41) is 1.84. The van der Waals surface area contributed by atoms with Crippen molar-refractivity contribution in [2.24, 2.45) is 0 Å². The Morgan fingerprint density at radius 1 is 0.509 bits per heavy atom. The van der Waals surface area contributed by atoms with Gasteiger partial charge in [0.25, 0.3) is 0 Å². The molecule has 0 fully saturated rings. The van der Waals surface area contributed by atoms with Gasteiger partial charge < -0.3 is 31.2 Å². The van der Waals surface area contributed by atoms with Crippen molar-refractivity contribution >= 4 is 38.8 Å². The Balaban J connectivity index is 1.38. The number of hydrogen-bond donors (Lipinski definition) is 0. The zero-order chi connectivity index (χ0) is 38.7. The van der Waals surface area contributed by atoms with Gasteiger partial charge in [0.05, 0.1) is 7.11 Å². The van der Waals surface area contributed by atoms with Gasteiger partial charge in [0.2, 0.25) is 0 Å². The number of ether oxygens (including phenoxy) is 1. The van der Waals surface area contributed by atoms with E-state index in [1.165, 1.54) is 0 Å². The zero-order valence-electron chi connectivity index (χ0n) is 32.5. The van der Waals surface area contributed by atoms with Gasteiger partial charge in [-0.2, -0.15) is 0 Å². The Morgan fingerprint density at radius 3 is 1.53 bits per heavy atom. The fourth-order valence-electron chi connectivity index (χ4n) is 6.30. The molecule has 0 bridgehead atoms. The summed E-state index contributed by atoms with van der Waals surface area (Å²) in [6.45, 7) is 15.2. The summed E-state index contributed by atoms with van der Waals surface area (Å²) < 4.78 is 45.8. The number of aryl methyl sites for hydroxylation is 1. The molecule has 282 valence electrons. The van der Waals surface area contributed by atoms with Crippen LogP contribution in [0.4, 0.5) is 0 Å². The predicted octanol–water partition coefficient (Wildman–Crippen LogP) is 14.5. The van der Waals surface area contributed by atoms with Crippen LogP contribution in [0.3, 0.4) is 0 Å². The molecule has 1 aromatic heterocycles. The van der Waals surface area contributed by atoms with Crippen LogP contribution in [0.15, 0.2) is 142 Å². The number of fused-ring (bicyclic) bond motifs is 3. The molecule has 0 aliphatic rings. The van der Waals surface area contributed by atoms with Crippen LogP contribution in [-0.4, -0.2) is 7.11 Å². The van der Waals surface area contributed by atoms with E-state index in [2.05, 4.69) is 60.6 Å². The van der Waals surface area contributed by atoms with Crippen LogP contribution >= 0.6 is 16.8 Å². The van der Waals surface area contributed by atoms with E-state index in [4.69, 9.17) is 31.2 Å². The number of para-hydroxylation sites is 4. The van der Waals surface area contributed by atoms with Crippen molar-refractivity contribution in [3.63, 3.8) is 0 Å². The zero-order valence-corrected chi connectivity index (χ0v) is 34.2. The molecule has 7 rings (SSSR count). The summed E-state index contributed by atoms with van der Waals surface area (Å²) in [7, 11) is -2.25. The van der Waals surface area contributed by atoms with Crippen LogP contribution in [-0.2, 0) is 10.8 Å². The largest absolute Gasteiger partial charge is 0.530 e. The fourth-order valence-corrected chi connectivity index (χ4v) is 8.44. The van der Waals surface area contributed by atoms with Crippen molar-refractivity contribution < 1.29 is 31.2 Å². The van der Waals surface area contributed by atoms with Gasteiger partial charge in [-0.25, -0.2) is 0 Å². The van der Waals surface area contributed by atoms with E-state index < -0.39 is 16.8 Å². The molecule has 6 aromatic carbocycles. The second-order valence-electron chi connectivity index (χ2n) is 15.4. The summed E-state index contributed by atoms with van der Waals surface area (Å²) in [6, 6.07) is 43.1. The van der Waals surface area contributed by atoms with Crippen molar-refractivity contribution in [1.82, 2.24) is 0 Å². The maximum Gasteiger partial charge on any atom is 0.530 e. The SMILES string of the molecule is COc1cc(C(C)(C)C)c2op(Oc3ccccc3-c3ccccc3OP(Oc3ccccc3)Oc3ccccc3)oc3c(C(C)(C)C)cc(C)cc3c2c1. The van der Waals surface area contributed by atoms with Gasteiger partial charge >= 0.3 is 16.8 Å². The van der Waals surface area contributed by atoms with Gasteiger partial charge in [-0.05, 0) is 77.9 Å². The van der Waals surface area contributed by atoms with Crippen LogP contribution in [0, 0.1) is 6.92 Å². The third-order valence-electron chi connectivity index (χ3n) is 9.03. The van der Waals surface area contributed by atoms with E-state index in [1.54, 1.807) is 7.11 Å². The molecule has 0 spiro atoms. The highest BCUT2D eigenvalue weighted by Crippen LogP contribution is 2.49. The Kier molecular flexibility index (Phi) is 10.9. The Morgan fingerprint density at radius 2 is 0.982 bits per heavy atom. The molecule has 1 unspecified atom stereocenters. The van der Waals surface area contributed by atoms with Crippen molar-refractivity contribution in [3.05, 3.63) is 150 Å². The third-order valence-corrected chi connectivity index (χ3v) is 11.1. The third kappa shape index (κ3) is 8.65. The lowest BCUT2D eigenvalue weighted by Gasteiger charge is -2.21. The second kappa shape index (κ2) is 15.8. The van der Waals surface area contributed by atoms with E-state index in [-0.39, 0.29) is 10.8 Å². The topological polar surface area (TPSA) is 72.4 Å². The molecule has 0 aliphatic heterocycles. The van der Waals surface area contributed by atoms with Crippen LogP contribution in [0.25, 0.3) is 33.1 Å². The van der Waals surface area contributed by atoms with Crippen molar-refractivity contribution in [2.45, 2.75) is 59.3 Å². The molecule has 1 heterocycles. The number of hydrogen-bond acceptors (Lipinski definition) is 7. The molecule has 0 saturated heterocycles. The quantitative estimate of drug-likeness (QED) is 0.128. The van der Waals surface area contributed by atoms with Crippen LogP contribution < -0.4 is 22.8 Å². The molecule has 1 atom stereocenters. The summed E-state index contributed by atoms with van der Waals surface area (Å²) in [4.78, 5) is 0. The highest BCUT2D eigenvalue weighted by atomic mass is 31.2. The first kappa shape index (κ1) is 37.9. The maximum atomic E-state index is 6.93. The molecule has 0 amide bonds. The molecule has 55 heavy (non-hydrogen) atoms. The molecule has 0 aliphatic carbocycles. The van der Waals surface area contributed by atoms with Gasteiger partial charge in [0, 0.05) is 33.0 Å². The highest BCUT2D eigenvalue weighted by Gasteiger charge is 2.27. The predicted molar refractivity (Wildman–Crippen MR) is 225 cm³/mol. The first-order valence-electron chi connectivity index (χ1n) is 18.2. The smallest absolute Gasteiger partial charge is 0.497 e. The Labute approximate surface area is 325 Å². The van der Waals surface area contributed by atoms with Crippen molar-refractivity contribution in [3.8, 4) is 39.9 Å². The molecule has 0 radical (unpaired) electrons. The minimum atomic E-state index is -2.02. The number of benzene rings is 6. The maximum absolute atomic E-state index is 6.93.